The maximum absolute atomic E-state index is 13.2. The smallest absolute Gasteiger partial charge is 0.346 e. The summed E-state index contributed by atoms with van der Waals surface area (Å²) < 4.78 is 30.1. The summed E-state index contributed by atoms with van der Waals surface area (Å²) in [5.41, 5.74) is -0.207. The van der Waals surface area contributed by atoms with Crippen LogP contribution >= 0.6 is 0 Å². The van der Waals surface area contributed by atoms with Gasteiger partial charge in [0.15, 0.2) is 0 Å². The fourth-order valence-electron chi connectivity index (χ4n) is 1.02. The first-order chi connectivity index (χ1) is 8.00. The standard InChI is InChI=1S/C13H10F2O2/c1-9(14)7-8-10(2)17-13(16)11-5-3-4-6-12(11)15/h3-8H,1-2H2/b8-7-. The van der Waals surface area contributed by atoms with Crippen LogP contribution in [0.15, 0.2) is 61.2 Å². The van der Waals surface area contributed by atoms with Gasteiger partial charge in [-0.15, -0.1) is 0 Å². The van der Waals surface area contributed by atoms with Crippen LogP contribution in [-0.4, -0.2) is 5.97 Å². The lowest BCUT2D eigenvalue weighted by Gasteiger charge is -2.04. The second-order valence-corrected chi connectivity index (χ2v) is 3.12. The average Bonchev–Trinajstić information content (AvgIpc) is 2.26. The van der Waals surface area contributed by atoms with Gasteiger partial charge in [0.05, 0.1) is 5.56 Å². The van der Waals surface area contributed by atoms with E-state index in [1.54, 1.807) is 0 Å². The highest BCUT2D eigenvalue weighted by atomic mass is 19.1. The topological polar surface area (TPSA) is 26.3 Å². The Morgan fingerprint density at radius 2 is 1.88 bits per heavy atom. The third-order valence-corrected chi connectivity index (χ3v) is 1.77. The summed E-state index contributed by atoms with van der Waals surface area (Å²) in [7, 11) is 0. The molecule has 0 saturated carbocycles. The summed E-state index contributed by atoms with van der Waals surface area (Å²) in [4.78, 5) is 11.4. The van der Waals surface area contributed by atoms with Gasteiger partial charge in [0.2, 0.25) is 0 Å². The van der Waals surface area contributed by atoms with Crippen LogP contribution in [0.3, 0.4) is 0 Å². The minimum atomic E-state index is -0.887. The zero-order valence-electron chi connectivity index (χ0n) is 8.95. The van der Waals surface area contributed by atoms with Gasteiger partial charge in [-0.2, -0.15) is 0 Å². The summed E-state index contributed by atoms with van der Waals surface area (Å²) in [5.74, 6) is -2.38. The predicted octanol–water partition coefficient (Wildman–Crippen LogP) is 3.54. The van der Waals surface area contributed by atoms with Crippen LogP contribution in [0.4, 0.5) is 8.78 Å². The lowest BCUT2D eigenvalue weighted by Crippen LogP contribution is -2.05. The van der Waals surface area contributed by atoms with Crippen LogP contribution in [0.25, 0.3) is 0 Å². The zero-order valence-corrected chi connectivity index (χ0v) is 8.95. The van der Waals surface area contributed by atoms with Crippen LogP contribution in [0.2, 0.25) is 0 Å². The Kier molecular flexibility index (Phi) is 4.34. The molecule has 0 unspecified atom stereocenters. The number of allylic oxidation sites excluding steroid dienone is 3. The van der Waals surface area contributed by atoms with Crippen LogP contribution in [0.1, 0.15) is 10.4 Å². The Morgan fingerprint density at radius 1 is 1.24 bits per heavy atom. The van der Waals surface area contributed by atoms with Crippen LogP contribution < -0.4 is 0 Å². The maximum Gasteiger partial charge on any atom is 0.346 e. The Balaban J connectivity index is 2.71. The van der Waals surface area contributed by atoms with E-state index in [1.807, 2.05) is 0 Å². The van der Waals surface area contributed by atoms with Gasteiger partial charge in [-0.1, -0.05) is 25.3 Å². The summed E-state index contributed by atoms with van der Waals surface area (Å²) in [6.45, 7) is 6.35. The fourth-order valence-corrected chi connectivity index (χ4v) is 1.02. The maximum atomic E-state index is 13.2. The van der Waals surface area contributed by atoms with Gasteiger partial charge in [-0.3, -0.25) is 0 Å². The number of ether oxygens (including phenoxy) is 1. The monoisotopic (exact) mass is 236 g/mol. The lowest BCUT2D eigenvalue weighted by molar-refractivity contribution is 0.0633. The third kappa shape index (κ3) is 4.03. The molecular formula is C13H10F2O2. The number of halogens is 2. The molecule has 2 nitrogen and oxygen atoms in total. The van der Waals surface area contributed by atoms with Crippen molar-refractivity contribution in [1.82, 2.24) is 0 Å². The van der Waals surface area contributed by atoms with E-state index in [0.717, 1.165) is 18.2 Å². The SMILES string of the molecule is C=C(F)/C=C\C(=C)OC(=O)c1ccccc1F. The van der Waals surface area contributed by atoms with E-state index >= 15 is 0 Å². The van der Waals surface area contributed by atoms with E-state index in [2.05, 4.69) is 13.2 Å². The molecule has 1 aromatic carbocycles. The molecular weight excluding hydrogens is 226 g/mol. The molecule has 1 aromatic rings. The number of esters is 1. The second kappa shape index (κ2) is 5.75. The van der Waals surface area contributed by atoms with Gasteiger partial charge in [0.1, 0.15) is 17.4 Å². The van der Waals surface area contributed by atoms with Crippen molar-refractivity contribution in [2.75, 3.05) is 0 Å². The molecule has 0 radical (unpaired) electrons. The number of hydrogen-bond donors (Lipinski definition) is 0. The summed E-state index contributed by atoms with van der Waals surface area (Å²) in [6.07, 6.45) is 2.11. The van der Waals surface area contributed by atoms with Gasteiger partial charge in [-0.25, -0.2) is 13.6 Å². The minimum absolute atomic E-state index is 0.1000. The van der Waals surface area contributed by atoms with Gasteiger partial charge >= 0.3 is 5.97 Å². The molecule has 0 aliphatic rings. The average molecular weight is 236 g/mol. The number of carbonyl (C=O) groups excluding carboxylic acids is 1. The molecule has 88 valence electrons. The first kappa shape index (κ1) is 12.8. The van der Waals surface area contributed by atoms with Gasteiger partial charge in [0.25, 0.3) is 0 Å². The molecule has 0 aromatic heterocycles. The van der Waals surface area contributed by atoms with Gasteiger partial charge in [0, 0.05) is 0 Å². The van der Waals surface area contributed by atoms with Crippen molar-refractivity contribution in [2.24, 2.45) is 0 Å². The summed E-state index contributed by atoms with van der Waals surface area (Å²) >= 11 is 0. The van der Waals surface area contributed by atoms with Crippen molar-refractivity contribution in [3.8, 4) is 0 Å². The quantitative estimate of drug-likeness (QED) is 0.454. The van der Waals surface area contributed by atoms with E-state index in [1.165, 1.54) is 18.2 Å². The summed E-state index contributed by atoms with van der Waals surface area (Å²) in [5, 5.41) is 0. The lowest BCUT2D eigenvalue weighted by atomic mass is 10.2. The summed E-state index contributed by atoms with van der Waals surface area (Å²) in [6, 6.07) is 5.37. The van der Waals surface area contributed by atoms with E-state index < -0.39 is 17.6 Å². The highest BCUT2D eigenvalue weighted by Crippen LogP contribution is 2.11. The molecule has 0 heterocycles. The molecule has 0 fully saturated rings. The van der Waals surface area contributed by atoms with Crippen molar-refractivity contribution in [2.45, 2.75) is 0 Å². The zero-order chi connectivity index (χ0) is 12.8. The fraction of sp³-hybridized carbons (Fsp3) is 0. The van der Waals surface area contributed by atoms with Crippen molar-refractivity contribution in [3.63, 3.8) is 0 Å². The number of carbonyl (C=O) groups is 1. The molecule has 4 heteroatoms. The van der Waals surface area contributed by atoms with Crippen molar-refractivity contribution < 1.29 is 18.3 Å². The second-order valence-electron chi connectivity index (χ2n) is 3.12. The van der Waals surface area contributed by atoms with Crippen LogP contribution in [-0.2, 0) is 4.74 Å². The Labute approximate surface area is 97.5 Å². The largest absolute Gasteiger partial charge is 0.424 e. The molecule has 0 N–H and O–H groups in total. The molecule has 0 spiro atoms. The van der Waals surface area contributed by atoms with Crippen molar-refractivity contribution in [3.05, 3.63) is 72.5 Å². The molecule has 0 atom stereocenters. The number of rotatable bonds is 4. The third-order valence-electron chi connectivity index (χ3n) is 1.77. The predicted molar refractivity (Wildman–Crippen MR) is 60.3 cm³/mol. The molecule has 17 heavy (non-hydrogen) atoms. The highest BCUT2D eigenvalue weighted by Gasteiger charge is 2.12. The molecule has 0 aliphatic carbocycles. The Hall–Kier alpha value is -2.23. The van der Waals surface area contributed by atoms with Crippen LogP contribution in [0.5, 0.6) is 0 Å². The molecule has 1 rings (SSSR count). The molecule has 0 saturated heterocycles. The Bertz CT molecular complexity index is 490. The minimum Gasteiger partial charge on any atom is -0.424 e. The molecule has 0 aliphatic heterocycles. The van der Waals surface area contributed by atoms with Crippen molar-refractivity contribution in [1.29, 1.82) is 0 Å². The van der Waals surface area contributed by atoms with E-state index in [-0.39, 0.29) is 11.3 Å². The molecule has 0 bridgehead atoms. The normalized spacial score (nSPS) is 10.2. The first-order valence-electron chi connectivity index (χ1n) is 4.69. The van der Waals surface area contributed by atoms with Crippen LogP contribution in [0, 0.1) is 5.82 Å². The number of benzene rings is 1. The number of hydrogen-bond acceptors (Lipinski definition) is 2. The Morgan fingerprint density at radius 3 is 2.47 bits per heavy atom. The highest BCUT2D eigenvalue weighted by molar-refractivity contribution is 5.90. The van der Waals surface area contributed by atoms with Crippen molar-refractivity contribution >= 4 is 5.97 Å². The van der Waals surface area contributed by atoms with E-state index in [9.17, 15) is 13.6 Å². The molecule has 0 amide bonds. The van der Waals surface area contributed by atoms with E-state index in [0.29, 0.717) is 0 Å². The van der Waals surface area contributed by atoms with E-state index in [4.69, 9.17) is 4.74 Å². The van der Waals surface area contributed by atoms with Gasteiger partial charge in [-0.05, 0) is 24.3 Å². The first-order valence-corrected chi connectivity index (χ1v) is 4.69. The van der Waals surface area contributed by atoms with Gasteiger partial charge < -0.3 is 4.74 Å².